The van der Waals surface area contributed by atoms with Crippen molar-refractivity contribution in [3.8, 4) is 11.5 Å². The summed E-state index contributed by atoms with van der Waals surface area (Å²) in [7, 11) is 3.16. The van der Waals surface area contributed by atoms with E-state index in [0.717, 1.165) is 0 Å². The van der Waals surface area contributed by atoms with Crippen LogP contribution in [0.4, 0.5) is 4.39 Å². The Balaban J connectivity index is 1.67. The first-order chi connectivity index (χ1) is 16.1. The fourth-order valence-corrected chi connectivity index (χ4v) is 4.83. The molecule has 1 spiro atoms. The molecule has 1 saturated carbocycles. The number of hydrogen-bond donors (Lipinski definition) is 2. The molecule has 9 nitrogen and oxygen atoms in total. The average molecular weight is 494 g/mol. The van der Waals surface area contributed by atoms with E-state index < -0.39 is 34.3 Å². The van der Waals surface area contributed by atoms with Crippen LogP contribution in [0.1, 0.15) is 39.8 Å². The summed E-state index contributed by atoms with van der Waals surface area (Å²) in [4.78, 5) is 39.9. The predicted octanol–water partition coefficient (Wildman–Crippen LogP) is 2.12. The van der Waals surface area contributed by atoms with E-state index in [4.69, 9.17) is 21.1 Å². The van der Waals surface area contributed by atoms with Crippen molar-refractivity contribution in [3.05, 3.63) is 56.2 Å². The number of halogens is 2. The van der Waals surface area contributed by atoms with Gasteiger partial charge in [0.1, 0.15) is 17.1 Å². The zero-order chi connectivity index (χ0) is 24.8. The summed E-state index contributed by atoms with van der Waals surface area (Å²) < 4.78 is 26.6. The van der Waals surface area contributed by atoms with Gasteiger partial charge in [0.05, 0.1) is 23.8 Å². The number of likely N-dealkylation sites (N-methyl/N-ethyl adjacent to an activating group) is 1. The van der Waals surface area contributed by atoms with E-state index in [0.29, 0.717) is 31.9 Å². The van der Waals surface area contributed by atoms with Crippen molar-refractivity contribution >= 4 is 23.4 Å². The topological polar surface area (TPSA) is 110 Å². The summed E-state index contributed by atoms with van der Waals surface area (Å²) in [6, 6.07) is 2.74. The minimum atomic E-state index is -0.979. The van der Waals surface area contributed by atoms with E-state index in [9.17, 15) is 23.9 Å². The lowest BCUT2D eigenvalue weighted by Gasteiger charge is -2.35. The Hall–Kier alpha value is -3.11. The van der Waals surface area contributed by atoms with Gasteiger partial charge in [0.25, 0.3) is 11.8 Å². The van der Waals surface area contributed by atoms with Crippen molar-refractivity contribution in [2.24, 2.45) is 5.92 Å². The highest BCUT2D eigenvalue weighted by atomic mass is 35.5. The van der Waals surface area contributed by atoms with Crippen molar-refractivity contribution in [3.63, 3.8) is 0 Å². The molecule has 182 valence electrons. The molecule has 2 N–H and O–H groups in total. The first-order valence-electron chi connectivity index (χ1n) is 10.8. The molecule has 2 amide bonds. The van der Waals surface area contributed by atoms with Crippen molar-refractivity contribution in [2.45, 2.75) is 25.4 Å². The second-order valence-corrected chi connectivity index (χ2v) is 8.96. The number of aromatic nitrogens is 1. The van der Waals surface area contributed by atoms with Gasteiger partial charge in [0, 0.05) is 51.0 Å². The van der Waals surface area contributed by atoms with E-state index >= 15 is 0 Å². The molecule has 1 aromatic carbocycles. The molecule has 2 aromatic rings. The number of carbonyl (C=O) groups is 2. The van der Waals surface area contributed by atoms with Gasteiger partial charge in [-0.15, -0.1) is 0 Å². The second-order valence-electron chi connectivity index (χ2n) is 8.55. The number of carbonyl (C=O) groups excluding carboxylic acids is 2. The van der Waals surface area contributed by atoms with Crippen molar-refractivity contribution in [2.75, 3.05) is 33.9 Å². The summed E-state index contributed by atoms with van der Waals surface area (Å²) in [6.45, 7) is 2.61. The lowest BCUT2D eigenvalue weighted by Crippen LogP contribution is -2.48. The van der Waals surface area contributed by atoms with Gasteiger partial charge in [-0.25, -0.2) is 4.39 Å². The maximum Gasteiger partial charge on any atom is 0.274 e. The Morgan fingerprint density at radius 3 is 2.79 bits per heavy atom. The number of pyridine rings is 1. The summed E-state index contributed by atoms with van der Waals surface area (Å²) in [5.74, 6) is -2.46. The first-order valence-corrected chi connectivity index (χ1v) is 11.1. The third-order valence-electron chi connectivity index (χ3n) is 6.36. The summed E-state index contributed by atoms with van der Waals surface area (Å²) in [6.07, 6.45) is 1.95. The number of hydrogen-bond acceptors (Lipinski definition) is 6. The molecule has 11 heteroatoms. The predicted molar refractivity (Wildman–Crippen MR) is 121 cm³/mol. The van der Waals surface area contributed by atoms with Gasteiger partial charge in [-0.2, -0.15) is 0 Å². The molecular weight excluding hydrogens is 469 g/mol. The van der Waals surface area contributed by atoms with Crippen molar-refractivity contribution in [1.82, 2.24) is 14.8 Å². The van der Waals surface area contributed by atoms with Crippen LogP contribution < -0.4 is 15.5 Å². The third-order valence-corrected chi connectivity index (χ3v) is 6.64. The van der Waals surface area contributed by atoms with Gasteiger partial charge in [0.2, 0.25) is 5.43 Å². The fourth-order valence-electron chi connectivity index (χ4n) is 4.60. The van der Waals surface area contributed by atoms with E-state index in [2.05, 4.69) is 5.32 Å². The molecule has 34 heavy (non-hydrogen) atoms. The maximum atomic E-state index is 14.4. The van der Waals surface area contributed by atoms with Crippen LogP contribution in [0.25, 0.3) is 0 Å². The Morgan fingerprint density at radius 2 is 2.12 bits per heavy atom. The molecule has 4 rings (SSSR count). The summed E-state index contributed by atoms with van der Waals surface area (Å²) in [5.41, 5.74) is -2.00. The molecule has 0 bridgehead atoms. The minimum absolute atomic E-state index is 0.0437. The van der Waals surface area contributed by atoms with E-state index in [1.165, 1.54) is 27.8 Å². The van der Waals surface area contributed by atoms with Gasteiger partial charge in [-0.3, -0.25) is 14.4 Å². The molecule has 1 fully saturated rings. The number of fused-ring (bicyclic) bond motifs is 2. The number of nitrogens with one attached hydrogen (secondary N) is 1. The van der Waals surface area contributed by atoms with Crippen LogP contribution in [0.3, 0.4) is 0 Å². The molecule has 1 aromatic heterocycles. The van der Waals surface area contributed by atoms with Gasteiger partial charge in [-0.1, -0.05) is 11.6 Å². The number of rotatable bonds is 7. The fraction of sp³-hybridized carbons (Fsp3) is 0.435. The molecule has 1 aliphatic heterocycles. The zero-order valence-corrected chi connectivity index (χ0v) is 19.7. The van der Waals surface area contributed by atoms with Gasteiger partial charge >= 0.3 is 0 Å². The Morgan fingerprint density at radius 1 is 1.38 bits per heavy atom. The lowest BCUT2D eigenvalue weighted by atomic mass is 10.0. The van der Waals surface area contributed by atoms with Crippen LogP contribution in [-0.4, -0.2) is 60.3 Å². The molecule has 0 unspecified atom stereocenters. The van der Waals surface area contributed by atoms with Crippen LogP contribution in [0.5, 0.6) is 11.5 Å². The largest absolute Gasteiger partial charge is 0.503 e. The molecule has 2 aliphatic rings. The average Bonchev–Trinajstić information content (AvgIpc) is 3.47. The van der Waals surface area contributed by atoms with Crippen LogP contribution in [0.15, 0.2) is 23.1 Å². The molecule has 0 saturated heterocycles. The van der Waals surface area contributed by atoms with Crippen LogP contribution in [0, 0.1) is 11.7 Å². The summed E-state index contributed by atoms with van der Waals surface area (Å²) >= 11 is 5.92. The molecule has 0 radical (unpaired) electrons. The quantitative estimate of drug-likeness (QED) is 0.611. The smallest absolute Gasteiger partial charge is 0.274 e. The van der Waals surface area contributed by atoms with E-state index in [1.807, 2.05) is 0 Å². The number of benzene rings is 1. The Bertz CT molecular complexity index is 1230. The SMILES string of the molecule is CCOc1cc(Cl)c(F)c(CNC(=O)c2cn3c(c(O)c2=O)C(=O)N(C)C[C@@]32C[C@@H]2COC)c1. The lowest BCUT2D eigenvalue weighted by molar-refractivity contribution is 0.0664. The van der Waals surface area contributed by atoms with Gasteiger partial charge < -0.3 is 29.4 Å². The van der Waals surface area contributed by atoms with E-state index in [1.54, 1.807) is 21.1 Å². The molecule has 2 heterocycles. The highest BCUT2D eigenvalue weighted by Crippen LogP contribution is 2.53. The second kappa shape index (κ2) is 8.92. The standard InChI is InChI=1S/C23H25ClFN3O6/c1-4-34-14-5-12(17(25)16(24)6-14)8-26-21(31)15-9-28-18(20(30)19(15)29)22(32)27(2)11-23(28)7-13(23)10-33-3/h5-6,9,13,30H,4,7-8,10-11H2,1-3H3,(H,26,31)/t13-,23-/m1/s1. The molecule has 2 atom stereocenters. The van der Waals surface area contributed by atoms with Gasteiger partial charge in [0.15, 0.2) is 11.4 Å². The van der Waals surface area contributed by atoms with Gasteiger partial charge in [-0.05, 0) is 19.4 Å². The highest BCUT2D eigenvalue weighted by molar-refractivity contribution is 6.31. The van der Waals surface area contributed by atoms with Crippen LogP contribution >= 0.6 is 11.6 Å². The van der Waals surface area contributed by atoms with Crippen molar-refractivity contribution in [1.29, 1.82) is 0 Å². The monoisotopic (exact) mass is 493 g/mol. The number of methoxy groups -OCH3 is 1. The normalized spacial score (nSPS) is 20.9. The first kappa shape index (κ1) is 24.0. The molecular formula is C23H25ClFN3O6. The number of amides is 2. The number of aromatic hydroxyl groups is 1. The van der Waals surface area contributed by atoms with Crippen LogP contribution in [-0.2, 0) is 16.8 Å². The highest BCUT2D eigenvalue weighted by Gasteiger charge is 2.60. The minimum Gasteiger partial charge on any atom is -0.503 e. The molecule has 1 aliphatic carbocycles. The summed E-state index contributed by atoms with van der Waals surface area (Å²) in [5, 5.41) is 12.9. The maximum absolute atomic E-state index is 14.4. The van der Waals surface area contributed by atoms with Crippen molar-refractivity contribution < 1.29 is 28.6 Å². The number of nitrogens with zero attached hydrogens (tertiary/aromatic N) is 2. The van der Waals surface area contributed by atoms with E-state index in [-0.39, 0.29) is 34.3 Å². The number of ether oxygens (including phenoxy) is 2. The van der Waals surface area contributed by atoms with Crippen LogP contribution in [0.2, 0.25) is 5.02 Å². The third kappa shape index (κ3) is 3.90. The Kier molecular flexibility index (Phi) is 6.30. The Labute approximate surface area is 200 Å². The zero-order valence-electron chi connectivity index (χ0n) is 19.0.